The summed E-state index contributed by atoms with van der Waals surface area (Å²) in [6, 6.07) is 6.98. The van der Waals surface area contributed by atoms with Gasteiger partial charge in [-0.2, -0.15) is 13.1 Å². The van der Waals surface area contributed by atoms with Crippen LogP contribution in [0.2, 0.25) is 0 Å². The third-order valence-corrected chi connectivity index (χ3v) is 5.66. The number of carbonyl (C=O) groups is 1. The van der Waals surface area contributed by atoms with E-state index >= 15 is 0 Å². The zero-order valence-electron chi connectivity index (χ0n) is 17.2. The molecular weight excluding hydrogens is 408 g/mol. The molecule has 3 N–H and O–H groups in total. The molecule has 0 saturated carbocycles. The van der Waals surface area contributed by atoms with E-state index in [1.165, 1.54) is 0 Å². The van der Waals surface area contributed by atoms with E-state index in [9.17, 15) is 13.2 Å². The maximum Gasteiger partial charge on any atom is 0.300 e. The van der Waals surface area contributed by atoms with E-state index in [0.717, 1.165) is 18.7 Å². The Balaban J connectivity index is 1.52. The number of hydrogen-bond acceptors (Lipinski definition) is 7. The van der Waals surface area contributed by atoms with Gasteiger partial charge in [0.15, 0.2) is 0 Å². The number of amides is 1. The molecule has 30 heavy (non-hydrogen) atoms. The summed E-state index contributed by atoms with van der Waals surface area (Å²) in [5, 5.41) is 2.55. The van der Waals surface area contributed by atoms with Crippen molar-refractivity contribution in [2.75, 3.05) is 31.4 Å². The van der Waals surface area contributed by atoms with Gasteiger partial charge in [-0.25, -0.2) is 9.97 Å². The molecule has 3 heterocycles. The summed E-state index contributed by atoms with van der Waals surface area (Å²) in [6.07, 6.45) is 1.61. The number of anilines is 1. The van der Waals surface area contributed by atoms with Crippen LogP contribution < -0.4 is 19.5 Å². The number of ether oxygens (including phenoxy) is 1. The van der Waals surface area contributed by atoms with E-state index in [1.54, 1.807) is 38.4 Å². The molecule has 11 heteroatoms. The zero-order valence-corrected chi connectivity index (χ0v) is 18.0. The first-order chi connectivity index (χ1) is 14.3. The van der Waals surface area contributed by atoms with E-state index in [-0.39, 0.29) is 17.8 Å². The third-order valence-electron chi connectivity index (χ3n) is 4.52. The van der Waals surface area contributed by atoms with E-state index in [2.05, 4.69) is 29.6 Å². The van der Waals surface area contributed by atoms with Crippen molar-refractivity contribution >= 4 is 21.9 Å². The SMILES string of the molecule is CCNS(=O)(=O)Nc1cc(CN2CC(Oc3ccc(C(=O)NC)nc3C)C2)ccn1. The predicted octanol–water partition coefficient (Wildman–Crippen LogP) is 0.674. The number of nitrogens with one attached hydrogen (secondary N) is 3. The van der Waals surface area contributed by atoms with Gasteiger partial charge >= 0.3 is 0 Å². The predicted molar refractivity (Wildman–Crippen MR) is 113 cm³/mol. The Morgan fingerprint density at radius 2 is 2.07 bits per heavy atom. The van der Waals surface area contributed by atoms with Crippen LogP contribution in [0.3, 0.4) is 0 Å². The maximum atomic E-state index is 11.8. The van der Waals surface area contributed by atoms with Gasteiger partial charge < -0.3 is 10.1 Å². The Kier molecular flexibility index (Phi) is 6.85. The summed E-state index contributed by atoms with van der Waals surface area (Å²) in [5.74, 6) is 0.708. The van der Waals surface area contributed by atoms with Crippen LogP contribution in [-0.4, -0.2) is 62.0 Å². The molecule has 2 aromatic rings. The number of likely N-dealkylation sites (tertiary alicyclic amines) is 1. The van der Waals surface area contributed by atoms with Crippen molar-refractivity contribution in [3.8, 4) is 5.75 Å². The molecule has 1 saturated heterocycles. The fraction of sp³-hybridized carbons (Fsp3) is 0.421. The molecule has 0 radical (unpaired) electrons. The smallest absolute Gasteiger partial charge is 0.300 e. The first kappa shape index (κ1) is 21.9. The van der Waals surface area contributed by atoms with Crippen LogP contribution in [0.4, 0.5) is 5.82 Å². The molecule has 1 aliphatic rings. The van der Waals surface area contributed by atoms with Crippen LogP contribution in [0, 0.1) is 6.92 Å². The van der Waals surface area contributed by atoms with Gasteiger partial charge in [-0.3, -0.25) is 14.4 Å². The molecule has 3 rings (SSSR count). The molecule has 0 aliphatic carbocycles. The minimum atomic E-state index is -3.61. The molecule has 1 fully saturated rings. The molecular formula is C19H26N6O4S. The highest BCUT2D eigenvalue weighted by atomic mass is 32.2. The van der Waals surface area contributed by atoms with Crippen LogP contribution in [0.15, 0.2) is 30.5 Å². The van der Waals surface area contributed by atoms with Gasteiger partial charge in [0, 0.05) is 39.4 Å². The number of nitrogens with zero attached hydrogens (tertiary/aromatic N) is 3. The van der Waals surface area contributed by atoms with Crippen LogP contribution >= 0.6 is 0 Å². The Morgan fingerprint density at radius 1 is 1.30 bits per heavy atom. The summed E-state index contributed by atoms with van der Waals surface area (Å²) in [5.41, 5.74) is 1.97. The Bertz CT molecular complexity index is 1010. The van der Waals surface area contributed by atoms with Crippen LogP contribution in [0.25, 0.3) is 0 Å². The Hall–Kier alpha value is -2.76. The standard InChI is InChI=1S/C19H26N6O4S/c1-4-22-30(27,28)24-18-9-14(7-8-21-18)10-25-11-15(12-25)29-17-6-5-16(19(26)20-3)23-13(17)2/h5-9,15,22H,4,10-12H2,1-3H3,(H,20,26)(H,21,24). The molecule has 0 aromatic carbocycles. The molecule has 0 spiro atoms. The van der Waals surface area contributed by atoms with E-state index in [1.807, 2.05) is 13.0 Å². The van der Waals surface area contributed by atoms with Crippen molar-refractivity contribution < 1.29 is 17.9 Å². The molecule has 162 valence electrons. The van der Waals surface area contributed by atoms with Gasteiger partial charge in [-0.1, -0.05) is 6.92 Å². The van der Waals surface area contributed by atoms with Crippen molar-refractivity contribution in [1.82, 2.24) is 24.9 Å². The normalized spacial score (nSPS) is 14.8. The number of pyridine rings is 2. The second kappa shape index (κ2) is 9.37. The Labute approximate surface area is 176 Å². The lowest BCUT2D eigenvalue weighted by molar-refractivity contribution is 0.0139. The number of rotatable bonds is 9. The summed E-state index contributed by atoms with van der Waals surface area (Å²) < 4.78 is 34.4. The highest BCUT2D eigenvalue weighted by molar-refractivity contribution is 7.90. The van der Waals surface area contributed by atoms with Gasteiger partial charge in [0.05, 0.1) is 5.69 Å². The van der Waals surface area contributed by atoms with Crippen LogP contribution in [0.5, 0.6) is 5.75 Å². The van der Waals surface area contributed by atoms with Gasteiger partial charge in [-0.15, -0.1) is 0 Å². The first-order valence-corrected chi connectivity index (χ1v) is 11.1. The van der Waals surface area contributed by atoms with Gasteiger partial charge in [0.1, 0.15) is 23.4 Å². The summed E-state index contributed by atoms with van der Waals surface area (Å²) >= 11 is 0. The molecule has 0 unspecified atom stereocenters. The largest absolute Gasteiger partial charge is 0.486 e. The van der Waals surface area contributed by atoms with Crippen LogP contribution in [-0.2, 0) is 16.8 Å². The average Bonchev–Trinajstić information content (AvgIpc) is 2.66. The highest BCUT2D eigenvalue weighted by Gasteiger charge is 2.29. The summed E-state index contributed by atoms with van der Waals surface area (Å²) in [4.78, 5) is 22.2. The van der Waals surface area contributed by atoms with Gasteiger partial charge in [0.2, 0.25) is 0 Å². The number of carbonyl (C=O) groups excluding carboxylic acids is 1. The zero-order chi connectivity index (χ0) is 21.7. The van der Waals surface area contributed by atoms with Crippen molar-refractivity contribution in [2.24, 2.45) is 0 Å². The lowest BCUT2D eigenvalue weighted by Crippen LogP contribution is -2.53. The van der Waals surface area contributed by atoms with Crippen molar-refractivity contribution in [1.29, 1.82) is 0 Å². The van der Waals surface area contributed by atoms with E-state index in [0.29, 0.717) is 30.2 Å². The molecule has 0 bridgehead atoms. The number of hydrogen-bond donors (Lipinski definition) is 3. The van der Waals surface area contributed by atoms with Crippen molar-refractivity contribution in [2.45, 2.75) is 26.5 Å². The third kappa shape index (κ3) is 5.65. The van der Waals surface area contributed by atoms with Gasteiger partial charge in [-0.05, 0) is 36.8 Å². The van der Waals surface area contributed by atoms with Crippen molar-refractivity contribution in [3.05, 3.63) is 47.4 Å². The van der Waals surface area contributed by atoms with Crippen LogP contribution in [0.1, 0.15) is 28.7 Å². The maximum absolute atomic E-state index is 11.8. The second-order valence-corrected chi connectivity index (χ2v) is 8.45. The lowest BCUT2D eigenvalue weighted by Gasteiger charge is -2.39. The molecule has 0 atom stereocenters. The average molecular weight is 435 g/mol. The molecule has 10 nitrogen and oxygen atoms in total. The fourth-order valence-corrected chi connectivity index (χ4v) is 3.92. The van der Waals surface area contributed by atoms with Crippen molar-refractivity contribution in [3.63, 3.8) is 0 Å². The number of aromatic nitrogens is 2. The topological polar surface area (TPSA) is 126 Å². The molecule has 1 amide bonds. The minimum absolute atomic E-state index is 0.0323. The van der Waals surface area contributed by atoms with E-state index in [4.69, 9.17) is 4.74 Å². The summed E-state index contributed by atoms with van der Waals surface area (Å²) in [6.45, 7) is 5.94. The minimum Gasteiger partial charge on any atom is -0.486 e. The Morgan fingerprint density at radius 3 is 2.73 bits per heavy atom. The van der Waals surface area contributed by atoms with E-state index < -0.39 is 10.2 Å². The summed E-state index contributed by atoms with van der Waals surface area (Å²) in [7, 11) is -2.04. The quantitative estimate of drug-likeness (QED) is 0.530. The van der Waals surface area contributed by atoms with Gasteiger partial charge in [0.25, 0.3) is 16.1 Å². The first-order valence-electron chi connectivity index (χ1n) is 9.60. The highest BCUT2D eigenvalue weighted by Crippen LogP contribution is 2.23. The molecule has 2 aromatic heterocycles. The number of aryl methyl sites for hydroxylation is 1. The fourth-order valence-electron chi connectivity index (χ4n) is 3.08. The second-order valence-electron chi connectivity index (χ2n) is 6.95. The molecule has 1 aliphatic heterocycles. The lowest BCUT2D eigenvalue weighted by atomic mass is 10.1. The monoisotopic (exact) mass is 434 g/mol.